The summed E-state index contributed by atoms with van der Waals surface area (Å²) in [5, 5.41) is 4.87. The van der Waals surface area contributed by atoms with Crippen molar-refractivity contribution in [3.05, 3.63) is 33.8 Å². The summed E-state index contributed by atoms with van der Waals surface area (Å²) < 4.78 is 6.13. The minimum Gasteiger partial charge on any atom is -0.367 e. The molecule has 1 aliphatic carbocycles. The second kappa shape index (κ2) is 4.77. The maximum absolute atomic E-state index is 6.21. The van der Waals surface area contributed by atoms with E-state index < -0.39 is 0 Å². The van der Waals surface area contributed by atoms with E-state index >= 15 is 0 Å². The van der Waals surface area contributed by atoms with Crippen molar-refractivity contribution in [2.45, 2.75) is 25.0 Å². The third-order valence-electron chi connectivity index (χ3n) is 3.47. The fourth-order valence-corrected chi connectivity index (χ4v) is 2.77. The van der Waals surface area contributed by atoms with Crippen LogP contribution >= 0.6 is 23.2 Å². The Bertz CT molecular complexity index is 420. The summed E-state index contributed by atoms with van der Waals surface area (Å²) in [5.74, 6) is 0.739. The minimum atomic E-state index is 0.0283. The molecule has 0 bridgehead atoms. The highest BCUT2D eigenvalue weighted by atomic mass is 35.5. The first-order chi connectivity index (χ1) is 8.24. The van der Waals surface area contributed by atoms with Crippen molar-refractivity contribution < 1.29 is 4.74 Å². The molecule has 1 aromatic carbocycles. The van der Waals surface area contributed by atoms with Crippen LogP contribution in [0.15, 0.2) is 18.2 Å². The van der Waals surface area contributed by atoms with E-state index in [4.69, 9.17) is 27.9 Å². The van der Waals surface area contributed by atoms with Crippen molar-refractivity contribution in [1.82, 2.24) is 5.32 Å². The van der Waals surface area contributed by atoms with Gasteiger partial charge in [0.05, 0.1) is 12.2 Å². The first-order valence-electron chi connectivity index (χ1n) is 6.05. The van der Waals surface area contributed by atoms with Gasteiger partial charge < -0.3 is 10.1 Å². The Kier molecular flexibility index (Phi) is 3.31. The summed E-state index contributed by atoms with van der Waals surface area (Å²) in [6.45, 7) is 1.77. The molecule has 4 heteroatoms. The Labute approximate surface area is 111 Å². The SMILES string of the molecule is Clc1ccc(Cl)c(C2CNCC(C3CC3)O2)c1. The van der Waals surface area contributed by atoms with E-state index in [9.17, 15) is 0 Å². The number of ether oxygens (including phenoxy) is 1. The number of rotatable bonds is 2. The van der Waals surface area contributed by atoms with Gasteiger partial charge in [0.1, 0.15) is 0 Å². The van der Waals surface area contributed by atoms with Crippen LogP contribution in [-0.2, 0) is 4.74 Å². The Morgan fingerprint density at radius 3 is 2.76 bits per heavy atom. The predicted octanol–water partition coefficient (Wildman–Crippen LogP) is 3.43. The molecular weight excluding hydrogens is 257 g/mol. The smallest absolute Gasteiger partial charge is 0.0968 e. The maximum atomic E-state index is 6.21. The second-order valence-electron chi connectivity index (χ2n) is 4.82. The van der Waals surface area contributed by atoms with Crippen LogP contribution in [0.5, 0.6) is 0 Å². The largest absolute Gasteiger partial charge is 0.367 e. The molecule has 0 spiro atoms. The van der Waals surface area contributed by atoms with Crippen LogP contribution in [0.2, 0.25) is 10.0 Å². The lowest BCUT2D eigenvalue weighted by atomic mass is 10.1. The van der Waals surface area contributed by atoms with E-state index in [1.807, 2.05) is 18.2 Å². The average molecular weight is 272 g/mol. The molecule has 2 atom stereocenters. The minimum absolute atomic E-state index is 0.0283. The van der Waals surface area contributed by atoms with Gasteiger partial charge in [-0.1, -0.05) is 23.2 Å². The van der Waals surface area contributed by atoms with Crippen molar-refractivity contribution in [2.24, 2.45) is 5.92 Å². The number of nitrogens with one attached hydrogen (secondary N) is 1. The molecule has 0 amide bonds. The van der Waals surface area contributed by atoms with E-state index in [0.29, 0.717) is 11.1 Å². The third-order valence-corrected chi connectivity index (χ3v) is 4.05. The van der Waals surface area contributed by atoms with E-state index in [2.05, 4.69) is 5.32 Å². The lowest BCUT2D eigenvalue weighted by molar-refractivity contribution is -0.0493. The van der Waals surface area contributed by atoms with Crippen LogP contribution in [0, 0.1) is 5.92 Å². The fraction of sp³-hybridized carbons (Fsp3) is 0.538. The van der Waals surface area contributed by atoms with Gasteiger partial charge >= 0.3 is 0 Å². The van der Waals surface area contributed by atoms with Gasteiger partial charge in [-0.05, 0) is 37.0 Å². The van der Waals surface area contributed by atoms with Gasteiger partial charge in [0.15, 0.2) is 0 Å². The number of morpholine rings is 1. The number of hydrogen-bond acceptors (Lipinski definition) is 2. The first-order valence-corrected chi connectivity index (χ1v) is 6.81. The Hall–Kier alpha value is -0.280. The third kappa shape index (κ3) is 2.60. The molecule has 17 heavy (non-hydrogen) atoms. The molecule has 1 aromatic rings. The van der Waals surface area contributed by atoms with Crippen molar-refractivity contribution in [2.75, 3.05) is 13.1 Å². The quantitative estimate of drug-likeness (QED) is 0.890. The maximum Gasteiger partial charge on any atom is 0.0968 e. The van der Waals surface area contributed by atoms with E-state index in [-0.39, 0.29) is 6.10 Å². The van der Waals surface area contributed by atoms with Crippen molar-refractivity contribution >= 4 is 23.2 Å². The fourth-order valence-electron chi connectivity index (χ4n) is 2.35. The zero-order valence-corrected chi connectivity index (χ0v) is 11.0. The number of benzene rings is 1. The topological polar surface area (TPSA) is 21.3 Å². The van der Waals surface area contributed by atoms with Crippen molar-refractivity contribution in [1.29, 1.82) is 0 Å². The van der Waals surface area contributed by atoms with Crippen LogP contribution in [0.1, 0.15) is 24.5 Å². The van der Waals surface area contributed by atoms with Crippen LogP contribution in [0.25, 0.3) is 0 Å². The molecule has 1 aliphatic heterocycles. The van der Waals surface area contributed by atoms with Gasteiger partial charge in [-0.25, -0.2) is 0 Å². The zero-order chi connectivity index (χ0) is 11.8. The lowest BCUT2D eigenvalue weighted by Crippen LogP contribution is -2.41. The molecule has 2 unspecified atom stereocenters. The summed E-state index contributed by atoms with van der Waals surface area (Å²) in [6, 6.07) is 5.55. The highest BCUT2D eigenvalue weighted by Crippen LogP contribution is 2.39. The van der Waals surface area contributed by atoms with Crippen molar-refractivity contribution in [3.63, 3.8) is 0 Å². The summed E-state index contributed by atoms with van der Waals surface area (Å²) in [4.78, 5) is 0. The average Bonchev–Trinajstić information content (AvgIpc) is 3.17. The molecule has 0 aromatic heterocycles. The van der Waals surface area contributed by atoms with Gasteiger partial charge in [-0.15, -0.1) is 0 Å². The van der Waals surface area contributed by atoms with E-state index in [0.717, 1.165) is 29.6 Å². The molecule has 2 fully saturated rings. The predicted molar refractivity (Wildman–Crippen MR) is 69.7 cm³/mol. The molecule has 1 saturated carbocycles. The molecule has 1 N–H and O–H groups in total. The Morgan fingerprint density at radius 1 is 1.18 bits per heavy atom. The van der Waals surface area contributed by atoms with Crippen LogP contribution in [-0.4, -0.2) is 19.2 Å². The molecule has 3 rings (SSSR count). The Morgan fingerprint density at radius 2 is 2.00 bits per heavy atom. The molecule has 1 saturated heterocycles. The summed E-state index contributed by atoms with van der Waals surface area (Å²) in [5.41, 5.74) is 0.997. The van der Waals surface area contributed by atoms with E-state index in [1.54, 1.807) is 0 Å². The monoisotopic (exact) mass is 271 g/mol. The van der Waals surface area contributed by atoms with E-state index in [1.165, 1.54) is 12.8 Å². The van der Waals surface area contributed by atoms with Crippen LogP contribution in [0.3, 0.4) is 0 Å². The van der Waals surface area contributed by atoms with Crippen LogP contribution < -0.4 is 5.32 Å². The van der Waals surface area contributed by atoms with Crippen molar-refractivity contribution in [3.8, 4) is 0 Å². The highest BCUT2D eigenvalue weighted by molar-refractivity contribution is 6.33. The van der Waals surface area contributed by atoms with Gasteiger partial charge in [0.2, 0.25) is 0 Å². The van der Waals surface area contributed by atoms with Gasteiger partial charge in [-0.2, -0.15) is 0 Å². The molecule has 0 radical (unpaired) electrons. The van der Waals surface area contributed by atoms with Gasteiger partial charge in [-0.3, -0.25) is 0 Å². The standard InChI is InChI=1S/C13H15Cl2NO/c14-9-3-4-11(15)10(5-9)13-7-16-6-12(17-13)8-1-2-8/h3-5,8,12-13,16H,1-2,6-7H2. The van der Waals surface area contributed by atoms with Crippen LogP contribution in [0.4, 0.5) is 0 Å². The summed E-state index contributed by atoms with van der Waals surface area (Å²) >= 11 is 12.2. The second-order valence-corrected chi connectivity index (χ2v) is 5.67. The summed E-state index contributed by atoms with van der Waals surface area (Å²) in [6.07, 6.45) is 2.95. The molecule has 92 valence electrons. The first kappa shape index (κ1) is 11.8. The molecule has 2 nitrogen and oxygen atoms in total. The molecule has 2 aliphatic rings. The normalized spacial score (nSPS) is 29.3. The summed E-state index contributed by atoms with van der Waals surface area (Å²) in [7, 11) is 0. The lowest BCUT2D eigenvalue weighted by Gasteiger charge is -2.31. The van der Waals surface area contributed by atoms with Gasteiger partial charge in [0.25, 0.3) is 0 Å². The number of hydrogen-bond donors (Lipinski definition) is 1. The molecular formula is C13H15Cl2NO. The number of halogens is 2. The Balaban J connectivity index is 1.79. The molecule has 1 heterocycles. The van der Waals surface area contributed by atoms with Gasteiger partial charge in [0, 0.05) is 28.7 Å². The zero-order valence-electron chi connectivity index (χ0n) is 9.46. The highest BCUT2D eigenvalue weighted by Gasteiger charge is 2.36.